The molecule has 1 heterocycles. The molecule has 1 saturated heterocycles. The van der Waals surface area contributed by atoms with Crippen molar-refractivity contribution in [2.75, 3.05) is 35.2 Å². The van der Waals surface area contributed by atoms with E-state index in [2.05, 4.69) is 10.6 Å². The van der Waals surface area contributed by atoms with Crippen LogP contribution in [-0.4, -0.2) is 49.9 Å². The van der Waals surface area contributed by atoms with Crippen LogP contribution < -0.4 is 10.6 Å². The minimum atomic E-state index is -3.39. The predicted molar refractivity (Wildman–Crippen MR) is 112 cm³/mol. The number of nitrogens with one attached hydrogen (secondary N) is 2. The van der Waals surface area contributed by atoms with Gasteiger partial charge in [-0.1, -0.05) is 32.6 Å². The number of carbonyl (C=O) groups is 2. The summed E-state index contributed by atoms with van der Waals surface area (Å²) in [5.41, 5.74) is 1.14. The lowest BCUT2D eigenvalue weighted by Crippen LogP contribution is -2.35. The standard InChI is InChI=1S/C20H31N3O4S/c1-2-3-8-15-28(26,27)16-19(24)21-17-9-11-18(12-10-17)22-20(25)23-13-6-4-5-7-14-23/h9-12H,2-8,13-16H2,1H3,(H,21,24)(H,22,25). The third-order valence-corrected chi connectivity index (χ3v) is 6.34. The molecular weight excluding hydrogens is 378 g/mol. The van der Waals surface area contributed by atoms with E-state index < -0.39 is 21.5 Å². The van der Waals surface area contributed by atoms with Crippen molar-refractivity contribution in [1.29, 1.82) is 0 Å². The summed E-state index contributed by atoms with van der Waals surface area (Å²) in [5.74, 6) is -1.02. The second-order valence-corrected chi connectivity index (χ2v) is 9.44. The zero-order valence-corrected chi connectivity index (χ0v) is 17.4. The molecule has 0 saturated carbocycles. The van der Waals surface area contributed by atoms with Crippen LogP contribution in [0.1, 0.15) is 51.9 Å². The summed E-state index contributed by atoms with van der Waals surface area (Å²) in [4.78, 5) is 26.1. The summed E-state index contributed by atoms with van der Waals surface area (Å²) in [6.07, 6.45) is 6.73. The fourth-order valence-electron chi connectivity index (χ4n) is 3.15. The molecule has 1 aliphatic rings. The van der Waals surface area contributed by atoms with Crippen molar-refractivity contribution in [3.63, 3.8) is 0 Å². The summed E-state index contributed by atoms with van der Waals surface area (Å²) in [7, 11) is -3.39. The van der Waals surface area contributed by atoms with E-state index in [1.54, 1.807) is 24.3 Å². The van der Waals surface area contributed by atoms with Gasteiger partial charge in [-0.05, 0) is 43.5 Å². The fourth-order valence-corrected chi connectivity index (χ4v) is 4.41. The van der Waals surface area contributed by atoms with Crippen molar-refractivity contribution < 1.29 is 18.0 Å². The number of sulfone groups is 1. The van der Waals surface area contributed by atoms with Crippen LogP contribution in [0.15, 0.2) is 24.3 Å². The van der Waals surface area contributed by atoms with Gasteiger partial charge in [-0.25, -0.2) is 13.2 Å². The molecule has 156 valence electrons. The maximum atomic E-state index is 12.3. The van der Waals surface area contributed by atoms with Gasteiger partial charge >= 0.3 is 6.03 Å². The van der Waals surface area contributed by atoms with Crippen molar-refractivity contribution in [1.82, 2.24) is 4.90 Å². The zero-order chi connectivity index (χ0) is 20.4. The zero-order valence-electron chi connectivity index (χ0n) is 16.6. The molecular formula is C20H31N3O4S. The van der Waals surface area contributed by atoms with Crippen LogP contribution in [0.2, 0.25) is 0 Å². The average Bonchev–Trinajstić information content (AvgIpc) is 2.92. The molecule has 0 bridgehead atoms. The van der Waals surface area contributed by atoms with E-state index >= 15 is 0 Å². The average molecular weight is 410 g/mol. The second-order valence-electron chi connectivity index (χ2n) is 7.26. The van der Waals surface area contributed by atoms with Gasteiger partial charge in [0.25, 0.3) is 0 Å². The maximum absolute atomic E-state index is 12.3. The van der Waals surface area contributed by atoms with Crippen LogP contribution in [0, 0.1) is 0 Å². The Balaban J connectivity index is 1.83. The minimum Gasteiger partial charge on any atom is -0.325 e. The number of hydrogen-bond donors (Lipinski definition) is 2. The number of anilines is 2. The van der Waals surface area contributed by atoms with Gasteiger partial charge < -0.3 is 15.5 Å². The molecule has 0 radical (unpaired) electrons. The molecule has 2 rings (SSSR count). The first-order valence-electron chi connectivity index (χ1n) is 10.1. The molecule has 1 aromatic carbocycles. The van der Waals surface area contributed by atoms with E-state index in [0.29, 0.717) is 17.8 Å². The number of likely N-dealkylation sites (tertiary alicyclic amines) is 1. The van der Waals surface area contributed by atoms with Crippen molar-refractivity contribution in [3.8, 4) is 0 Å². The van der Waals surface area contributed by atoms with E-state index in [9.17, 15) is 18.0 Å². The quantitative estimate of drug-likeness (QED) is 0.641. The monoisotopic (exact) mass is 409 g/mol. The Kier molecular flexibility index (Phi) is 8.76. The molecule has 1 aliphatic heterocycles. The Hall–Kier alpha value is -2.09. The summed E-state index contributed by atoms with van der Waals surface area (Å²) in [6.45, 7) is 3.54. The first kappa shape index (κ1) is 22.2. The van der Waals surface area contributed by atoms with Crippen molar-refractivity contribution >= 4 is 33.2 Å². The molecule has 2 N–H and O–H groups in total. The summed E-state index contributed by atoms with van der Waals surface area (Å²) < 4.78 is 23.9. The van der Waals surface area contributed by atoms with Gasteiger partial charge in [-0.2, -0.15) is 0 Å². The van der Waals surface area contributed by atoms with Gasteiger partial charge in [-0.15, -0.1) is 0 Å². The van der Waals surface area contributed by atoms with Gasteiger partial charge in [0.05, 0.1) is 5.75 Å². The second kappa shape index (κ2) is 11.0. The highest BCUT2D eigenvalue weighted by Crippen LogP contribution is 2.16. The predicted octanol–water partition coefficient (Wildman–Crippen LogP) is 3.64. The van der Waals surface area contributed by atoms with E-state index in [1.807, 2.05) is 11.8 Å². The lowest BCUT2D eigenvalue weighted by atomic mass is 10.2. The molecule has 0 unspecified atom stereocenters. The van der Waals surface area contributed by atoms with Crippen LogP contribution in [0.3, 0.4) is 0 Å². The lowest BCUT2D eigenvalue weighted by molar-refractivity contribution is -0.113. The Morgan fingerprint density at radius 3 is 2.07 bits per heavy atom. The Bertz CT molecular complexity index is 739. The number of hydrogen-bond acceptors (Lipinski definition) is 4. The first-order chi connectivity index (χ1) is 13.4. The summed E-state index contributed by atoms with van der Waals surface area (Å²) in [6, 6.07) is 6.58. The Morgan fingerprint density at radius 2 is 1.50 bits per heavy atom. The molecule has 1 fully saturated rings. The molecule has 0 aromatic heterocycles. The number of rotatable bonds is 8. The molecule has 7 nitrogen and oxygen atoms in total. The number of urea groups is 1. The minimum absolute atomic E-state index is 0.0374. The van der Waals surface area contributed by atoms with Gasteiger partial charge in [0.2, 0.25) is 5.91 Å². The van der Waals surface area contributed by atoms with Crippen LogP contribution in [0.5, 0.6) is 0 Å². The third kappa shape index (κ3) is 7.88. The smallest absolute Gasteiger partial charge is 0.321 e. The molecule has 0 spiro atoms. The number of nitrogens with zero attached hydrogens (tertiary/aromatic N) is 1. The van der Waals surface area contributed by atoms with E-state index in [4.69, 9.17) is 0 Å². The number of amides is 3. The summed E-state index contributed by atoms with van der Waals surface area (Å²) >= 11 is 0. The van der Waals surface area contributed by atoms with Crippen LogP contribution in [-0.2, 0) is 14.6 Å². The van der Waals surface area contributed by atoms with Gasteiger partial charge in [0, 0.05) is 24.5 Å². The highest BCUT2D eigenvalue weighted by atomic mass is 32.2. The topological polar surface area (TPSA) is 95.6 Å². The molecule has 1 aromatic rings. The molecule has 8 heteroatoms. The highest BCUT2D eigenvalue weighted by Gasteiger charge is 2.17. The van der Waals surface area contributed by atoms with E-state index in [0.717, 1.165) is 51.6 Å². The number of carbonyl (C=O) groups excluding carboxylic acids is 2. The molecule has 0 atom stereocenters. The molecule has 3 amide bonds. The number of benzene rings is 1. The molecule has 28 heavy (non-hydrogen) atoms. The van der Waals surface area contributed by atoms with E-state index in [1.165, 1.54) is 0 Å². The molecule has 0 aliphatic carbocycles. The van der Waals surface area contributed by atoms with Crippen LogP contribution in [0.25, 0.3) is 0 Å². The fraction of sp³-hybridized carbons (Fsp3) is 0.600. The van der Waals surface area contributed by atoms with Crippen molar-refractivity contribution in [3.05, 3.63) is 24.3 Å². The van der Waals surface area contributed by atoms with Gasteiger partial charge in [-0.3, -0.25) is 4.79 Å². The lowest BCUT2D eigenvalue weighted by Gasteiger charge is -2.20. The normalized spacial score (nSPS) is 15.0. The van der Waals surface area contributed by atoms with Crippen molar-refractivity contribution in [2.45, 2.75) is 51.9 Å². The van der Waals surface area contributed by atoms with Gasteiger partial charge in [0.1, 0.15) is 5.75 Å². The van der Waals surface area contributed by atoms with E-state index in [-0.39, 0.29) is 11.8 Å². The maximum Gasteiger partial charge on any atom is 0.321 e. The SMILES string of the molecule is CCCCCS(=O)(=O)CC(=O)Nc1ccc(NC(=O)N2CCCCCC2)cc1. The van der Waals surface area contributed by atoms with Crippen LogP contribution >= 0.6 is 0 Å². The largest absolute Gasteiger partial charge is 0.325 e. The van der Waals surface area contributed by atoms with Crippen LogP contribution in [0.4, 0.5) is 16.2 Å². The van der Waals surface area contributed by atoms with Crippen molar-refractivity contribution in [2.24, 2.45) is 0 Å². The third-order valence-electron chi connectivity index (χ3n) is 4.72. The summed E-state index contributed by atoms with van der Waals surface area (Å²) in [5, 5.41) is 5.46. The number of unbranched alkanes of at least 4 members (excludes halogenated alkanes) is 2. The Labute approximate surface area is 167 Å². The Morgan fingerprint density at radius 1 is 0.929 bits per heavy atom. The highest BCUT2D eigenvalue weighted by molar-refractivity contribution is 7.92. The first-order valence-corrected chi connectivity index (χ1v) is 11.9. The van der Waals surface area contributed by atoms with Gasteiger partial charge in [0.15, 0.2) is 9.84 Å².